The van der Waals surface area contributed by atoms with Crippen LogP contribution in [0.25, 0.3) is 0 Å². The molecule has 14 nitrogen and oxygen atoms in total. The van der Waals surface area contributed by atoms with Crippen molar-refractivity contribution >= 4 is 17.8 Å². The summed E-state index contributed by atoms with van der Waals surface area (Å²) in [5, 5.41) is 31.2. The highest BCUT2D eigenvalue weighted by Crippen LogP contribution is 2.29. The number of carbonyl (C=O) groups is 3. The fourth-order valence-electron chi connectivity index (χ4n) is 2.67. The second-order valence-corrected chi connectivity index (χ2v) is 7.11. The van der Waals surface area contributed by atoms with Gasteiger partial charge in [0.15, 0.2) is 6.23 Å². The van der Waals surface area contributed by atoms with Crippen LogP contribution in [-0.2, 0) is 30.4 Å². The van der Waals surface area contributed by atoms with Crippen molar-refractivity contribution in [2.45, 2.75) is 43.6 Å². The molecule has 1 aliphatic rings. The SMILES string of the molecule is NC(=O)c1ncn([C@@H]2O[C@H](COC(=O)[C@H](N)OCc3ccccc3)[C@@H](O)[C@H]2O)n1.O=C(O)C(F)(F)F. The highest BCUT2D eigenvalue weighted by atomic mass is 19.4. The first-order valence-electron chi connectivity index (χ1n) is 9.91. The summed E-state index contributed by atoms with van der Waals surface area (Å²) in [6, 6.07) is 9.13. The number of nitrogens with two attached hydrogens (primary N) is 2. The summed E-state index contributed by atoms with van der Waals surface area (Å²) >= 11 is 0. The Hall–Kier alpha value is -3.64. The van der Waals surface area contributed by atoms with Gasteiger partial charge in [-0.25, -0.2) is 19.3 Å². The van der Waals surface area contributed by atoms with E-state index < -0.39 is 54.8 Å². The Balaban J connectivity index is 0.000000572. The largest absolute Gasteiger partial charge is 0.490 e. The predicted molar refractivity (Wildman–Crippen MR) is 108 cm³/mol. The fraction of sp³-hybridized carbons (Fsp3) is 0.421. The summed E-state index contributed by atoms with van der Waals surface area (Å²) in [6.07, 6.45) is -10.3. The Morgan fingerprint density at radius 3 is 2.31 bits per heavy atom. The van der Waals surface area contributed by atoms with Gasteiger partial charge >= 0.3 is 18.1 Å². The number of nitrogens with zero attached hydrogens (tertiary/aromatic N) is 3. The van der Waals surface area contributed by atoms with E-state index in [0.29, 0.717) is 0 Å². The highest BCUT2D eigenvalue weighted by Gasteiger charge is 2.45. The van der Waals surface area contributed by atoms with Gasteiger partial charge in [-0.2, -0.15) is 13.2 Å². The number of aliphatic hydroxyl groups excluding tert-OH is 2. The number of carbonyl (C=O) groups excluding carboxylic acids is 2. The molecule has 17 heteroatoms. The molecule has 5 atom stereocenters. The van der Waals surface area contributed by atoms with Crippen molar-refractivity contribution in [2.24, 2.45) is 11.5 Å². The van der Waals surface area contributed by atoms with E-state index in [9.17, 15) is 33.0 Å². The van der Waals surface area contributed by atoms with Gasteiger partial charge in [0.05, 0.1) is 6.61 Å². The first-order valence-corrected chi connectivity index (χ1v) is 9.91. The summed E-state index contributed by atoms with van der Waals surface area (Å²) in [5.41, 5.74) is 11.6. The number of carboxylic acids is 1. The lowest BCUT2D eigenvalue weighted by Crippen LogP contribution is -2.39. The van der Waals surface area contributed by atoms with Gasteiger partial charge in [-0.15, -0.1) is 5.10 Å². The van der Waals surface area contributed by atoms with Crippen LogP contribution in [0.2, 0.25) is 0 Å². The quantitative estimate of drug-likeness (QED) is 0.201. The standard InChI is InChI=1S/C17H21N5O7.C2HF3O2/c18-13(25)15-20-8-22(21-15)16-12(24)11(23)10(29-16)7-28-17(26)14(19)27-6-9-4-2-1-3-5-9;3-2(4,5)1(6)7/h1-5,8,10-12,14,16,23-24H,6-7,19H2,(H2,18,25);(H,6,7)/t10-,11-,12-,14-,16-;/m1./s1. The number of alkyl halides is 3. The molecule has 0 unspecified atom stereocenters. The third-order valence-electron chi connectivity index (χ3n) is 4.46. The molecule has 3 rings (SSSR count). The number of ether oxygens (including phenoxy) is 3. The molecule has 2 heterocycles. The topological polar surface area (TPSA) is 222 Å². The molecule has 1 saturated heterocycles. The number of halogens is 3. The van der Waals surface area contributed by atoms with Crippen LogP contribution in [0, 0.1) is 0 Å². The predicted octanol–water partition coefficient (Wildman–Crippen LogP) is -1.33. The van der Waals surface area contributed by atoms with Crippen molar-refractivity contribution in [2.75, 3.05) is 6.61 Å². The van der Waals surface area contributed by atoms with Gasteiger partial charge in [0, 0.05) is 0 Å². The molecule has 198 valence electrons. The molecule has 1 aromatic heterocycles. The van der Waals surface area contributed by atoms with Crippen LogP contribution in [0.3, 0.4) is 0 Å². The van der Waals surface area contributed by atoms with E-state index in [1.54, 1.807) is 0 Å². The van der Waals surface area contributed by atoms with Crippen LogP contribution < -0.4 is 11.5 Å². The van der Waals surface area contributed by atoms with Crippen molar-refractivity contribution in [1.82, 2.24) is 14.8 Å². The lowest BCUT2D eigenvalue weighted by Gasteiger charge is -2.17. The van der Waals surface area contributed by atoms with Gasteiger partial charge < -0.3 is 35.3 Å². The van der Waals surface area contributed by atoms with Gasteiger partial charge in [0.1, 0.15) is 31.2 Å². The number of primary amides is 1. The number of hydrogen-bond donors (Lipinski definition) is 5. The monoisotopic (exact) mass is 521 g/mol. The van der Waals surface area contributed by atoms with Gasteiger partial charge in [0.25, 0.3) is 5.91 Å². The maximum absolute atomic E-state index is 12.0. The van der Waals surface area contributed by atoms with E-state index in [2.05, 4.69) is 10.1 Å². The van der Waals surface area contributed by atoms with Crippen molar-refractivity contribution in [1.29, 1.82) is 0 Å². The minimum atomic E-state index is -5.08. The van der Waals surface area contributed by atoms with E-state index in [-0.39, 0.29) is 19.0 Å². The summed E-state index contributed by atoms with van der Waals surface area (Å²) in [7, 11) is 0. The third-order valence-corrected chi connectivity index (χ3v) is 4.46. The van der Waals surface area contributed by atoms with Crippen LogP contribution in [0.1, 0.15) is 22.4 Å². The van der Waals surface area contributed by atoms with Gasteiger partial charge in [0.2, 0.25) is 12.1 Å². The van der Waals surface area contributed by atoms with Crippen molar-refractivity contribution in [3.8, 4) is 0 Å². The van der Waals surface area contributed by atoms with Crippen LogP contribution >= 0.6 is 0 Å². The molecular formula is C19H22F3N5O9. The van der Waals surface area contributed by atoms with Crippen molar-refractivity contribution < 1.29 is 57.1 Å². The molecule has 2 aromatic rings. The molecule has 0 saturated carbocycles. The van der Waals surface area contributed by atoms with Gasteiger partial charge in [-0.3, -0.25) is 10.5 Å². The minimum Gasteiger partial charge on any atom is -0.475 e. The van der Waals surface area contributed by atoms with E-state index in [1.165, 1.54) is 0 Å². The second kappa shape index (κ2) is 12.4. The van der Waals surface area contributed by atoms with Crippen molar-refractivity contribution in [3.05, 3.63) is 48.0 Å². The normalized spacial score (nSPS) is 22.3. The first kappa shape index (κ1) is 28.6. The lowest BCUT2D eigenvalue weighted by atomic mass is 10.1. The number of rotatable bonds is 8. The molecule has 0 bridgehead atoms. The van der Waals surface area contributed by atoms with E-state index in [1.807, 2.05) is 30.3 Å². The Morgan fingerprint density at radius 1 is 1.17 bits per heavy atom. The van der Waals surface area contributed by atoms with Crippen LogP contribution in [0.15, 0.2) is 36.7 Å². The molecule has 7 N–H and O–H groups in total. The minimum absolute atomic E-state index is 0.120. The van der Waals surface area contributed by atoms with Crippen LogP contribution in [-0.4, -0.2) is 85.3 Å². The van der Waals surface area contributed by atoms with Crippen molar-refractivity contribution in [3.63, 3.8) is 0 Å². The van der Waals surface area contributed by atoms with E-state index in [0.717, 1.165) is 16.6 Å². The zero-order valence-corrected chi connectivity index (χ0v) is 18.2. The molecule has 0 spiro atoms. The van der Waals surface area contributed by atoms with Crippen LogP contribution in [0.4, 0.5) is 13.2 Å². The molecule has 36 heavy (non-hydrogen) atoms. The molecular weight excluding hydrogens is 499 g/mol. The average Bonchev–Trinajstić information content (AvgIpc) is 3.42. The van der Waals surface area contributed by atoms with Crippen LogP contribution in [0.5, 0.6) is 0 Å². The molecule has 1 amide bonds. The summed E-state index contributed by atoms with van der Waals surface area (Å²) in [6.45, 7) is -0.262. The lowest BCUT2D eigenvalue weighted by molar-refractivity contribution is -0.192. The summed E-state index contributed by atoms with van der Waals surface area (Å²) in [5.74, 6) is -4.74. The number of aliphatic carboxylic acids is 1. The molecule has 0 aliphatic carbocycles. The third kappa shape index (κ3) is 7.95. The zero-order valence-electron chi connectivity index (χ0n) is 18.2. The Labute approximate surface area is 200 Å². The number of esters is 1. The molecule has 1 fully saturated rings. The smallest absolute Gasteiger partial charge is 0.475 e. The van der Waals surface area contributed by atoms with E-state index in [4.69, 9.17) is 35.6 Å². The number of amides is 1. The average molecular weight is 521 g/mol. The Kier molecular flexibility index (Phi) is 9.82. The number of aliphatic hydroxyl groups is 2. The highest BCUT2D eigenvalue weighted by molar-refractivity contribution is 5.88. The number of hydrogen-bond acceptors (Lipinski definition) is 11. The molecule has 1 aromatic carbocycles. The maximum Gasteiger partial charge on any atom is 0.490 e. The van der Waals surface area contributed by atoms with E-state index >= 15 is 0 Å². The zero-order chi connectivity index (χ0) is 27.0. The first-order chi connectivity index (χ1) is 16.8. The summed E-state index contributed by atoms with van der Waals surface area (Å²) in [4.78, 5) is 35.6. The number of benzene rings is 1. The second-order valence-electron chi connectivity index (χ2n) is 7.11. The fourth-order valence-corrected chi connectivity index (χ4v) is 2.67. The van der Waals surface area contributed by atoms with Gasteiger partial charge in [-0.05, 0) is 5.56 Å². The Morgan fingerprint density at radius 2 is 1.78 bits per heavy atom. The molecule has 0 radical (unpaired) electrons. The molecule has 1 aliphatic heterocycles. The summed E-state index contributed by atoms with van der Waals surface area (Å²) < 4.78 is 48.5. The Bertz CT molecular complexity index is 1040. The number of carboxylic acid groups (broad SMARTS) is 1. The van der Waals surface area contributed by atoms with Gasteiger partial charge in [-0.1, -0.05) is 30.3 Å². The number of aromatic nitrogens is 3. The maximum atomic E-state index is 12.0.